The van der Waals surface area contributed by atoms with E-state index < -0.39 is 5.82 Å². The third kappa shape index (κ3) is 3.85. The molecule has 0 heterocycles. The van der Waals surface area contributed by atoms with Gasteiger partial charge in [0.05, 0.1) is 12.5 Å². The summed E-state index contributed by atoms with van der Waals surface area (Å²) in [5.74, 6) is -0.684. The highest BCUT2D eigenvalue weighted by Crippen LogP contribution is 2.24. The van der Waals surface area contributed by atoms with Crippen LogP contribution >= 0.6 is 0 Å². The Morgan fingerprint density at radius 2 is 1.91 bits per heavy atom. The van der Waals surface area contributed by atoms with Gasteiger partial charge in [0.2, 0.25) is 5.91 Å². The van der Waals surface area contributed by atoms with Gasteiger partial charge in [0.1, 0.15) is 0 Å². The second-order valence-electron chi connectivity index (χ2n) is 4.94. The molecule has 0 saturated carbocycles. The number of nitrogens with one attached hydrogen (secondary N) is 1. The molecular weight excluding hydrogens is 281 g/mol. The Kier molecular flexibility index (Phi) is 5.53. The number of hydrogen-bond acceptors (Lipinski definition) is 2. The van der Waals surface area contributed by atoms with Crippen molar-refractivity contribution in [3.05, 3.63) is 59.9 Å². The molecule has 1 unspecified atom stereocenters. The van der Waals surface area contributed by atoms with E-state index in [1.807, 2.05) is 37.3 Å². The highest BCUT2D eigenvalue weighted by molar-refractivity contribution is 5.95. The third-order valence-electron chi connectivity index (χ3n) is 3.43. The van der Waals surface area contributed by atoms with Crippen LogP contribution in [0.25, 0.3) is 0 Å². The van der Waals surface area contributed by atoms with Gasteiger partial charge in [-0.3, -0.25) is 4.79 Å². The predicted octanol–water partition coefficient (Wildman–Crippen LogP) is 4.36. The minimum atomic E-state index is -0.479. The fourth-order valence-electron chi connectivity index (χ4n) is 2.34. The number of hydrogen-bond donors (Lipinski definition) is 1. The smallest absolute Gasteiger partial charge is 0.231 e. The topological polar surface area (TPSA) is 38.3 Å². The van der Waals surface area contributed by atoms with Crippen LogP contribution in [0.3, 0.4) is 0 Å². The molecule has 3 nitrogen and oxygen atoms in total. The molecule has 2 aromatic rings. The number of amides is 1. The molecule has 2 aromatic carbocycles. The second-order valence-corrected chi connectivity index (χ2v) is 4.94. The van der Waals surface area contributed by atoms with Gasteiger partial charge in [0.25, 0.3) is 0 Å². The van der Waals surface area contributed by atoms with Gasteiger partial charge in [-0.25, -0.2) is 4.39 Å². The van der Waals surface area contributed by atoms with E-state index in [0.717, 1.165) is 5.56 Å². The predicted molar refractivity (Wildman–Crippen MR) is 85.7 cm³/mol. The molecule has 0 saturated heterocycles. The first kappa shape index (κ1) is 16.0. The lowest BCUT2D eigenvalue weighted by Gasteiger charge is -2.16. The zero-order valence-electron chi connectivity index (χ0n) is 12.8. The van der Waals surface area contributed by atoms with Crippen molar-refractivity contribution >= 4 is 11.6 Å². The molecule has 22 heavy (non-hydrogen) atoms. The zero-order valence-corrected chi connectivity index (χ0v) is 12.8. The average molecular weight is 301 g/mol. The van der Waals surface area contributed by atoms with Crippen LogP contribution in [0.4, 0.5) is 10.1 Å². The van der Waals surface area contributed by atoms with Crippen LogP contribution in [0, 0.1) is 5.82 Å². The van der Waals surface area contributed by atoms with E-state index in [1.54, 1.807) is 13.0 Å². The first-order valence-electron chi connectivity index (χ1n) is 7.43. The molecule has 1 atom stereocenters. The van der Waals surface area contributed by atoms with E-state index in [0.29, 0.717) is 18.7 Å². The summed E-state index contributed by atoms with van der Waals surface area (Å²) in [7, 11) is 0. The maximum absolute atomic E-state index is 13.8. The summed E-state index contributed by atoms with van der Waals surface area (Å²) in [4.78, 5) is 12.4. The van der Waals surface area contributed by atoms with E-state index in [2.05, 4.69) is 5.32 Å². The molecular formula is C18H20FNO2. The summed E-state index contributed by atoms with van der Waals surface area (Å²) in [6.45, 7) is 4.14. The molecule has 4 heteroatoms. The SMILES string of the molecule is CCOc1ccc(NC(=O)C(CC)c2ccccc2)cc1F. The first-order chi connectivity index (χ1) is 10.7. The Morgan fingerprint density at radius 1 is 1.18 bits per heavy atom. The lowest BCUT2D eigenvalue weighted by atomic mass is 9.95. The molecule has 116 valence electrons. The maximum atomic E-state index is 13.8. The van der Waals surface area contributed by atoms with Gasteiger partial charge in [0, 0.05) is 11.8 Å². The molecule has 0 bridgehead atoms. The van der Waals surface area contributed by atoms with Crippen LogP contribution in [-0.4, -0.2) is 12.5 Å². The molecule has 0 aromatic heterocycles. The zero-order chi connectivity index (χ0) is 15.9. The van der Waals surface area contributed by atoms with Crippen LogP contribution in [0.2, 0.25) is 0 Å². The van der Waals surface area contributed by atoms with Crippen LogP contribution in [0.1, 0.15) is 31.7 Å². The summed E-state index contributed by atoms with van der Waals surface area (Å²) < 4.78 is 19.0. The minimum Gasteiger partial charge on any atom is -0.491 e. The Hall–Kier alpha value is -2.36. The van der Waals surface area contributed by atoms with E-state index in [1.165, 1.54) is 12.1 Å². The van der Waals surface area contributed by atoms with Gasteiger partial charge in [-0.2, -0.15) is 0 Å². The summed E-state index contributed by atoms with van der Waals surface area (Å²) in [5.41, 5.74) is 1.38. The van der Waals surface area contributed by atoms with E-state index >= 15 is 0 Å². The lowest BCUT2D eigenvalue weighted by Crippen LogP contribution is -2.20. The van der Waals surface area contributed by atoms with Crippen molar-refractivity contribution in [3.63, 3.8) is 0 Å². The number of carbonyl (C=O) groups is 1. The molecule has 1 amide bonds. The van der Waals surface area contributed by atoms with Crippen LogP contribution in [0.5, 0.6) is 5.75 Å². The number of carbonyl (C=O) groups excluding carboxylic acids is 1. The number of halogens is 1. The van der Waals surface area contributed by atoms with Crippen molar-refractivity contribution in [2.24, 2.45) is 0 Å². The van der Waals surface area contributed by atoms with Gasteiger partial charge >= 0.3 is 0 Å². The number of rotatable bonds is 6. The van der Waals surface area contributed by atoms with Crippen molar-refractivity contribution in [1.82, 2.24) is 0 Å². The second kappa shape index (κ2) is 7.59. The number of ether oxygens (including phenoxy) is 1. The van der Waals surface area contributed by atoms with E-state index in [4.69, 9.17) is 4.74 Å². The fourth-order valence-corrected chi connectivity index (χ4v) is 2.34. The minimum absolute atomic E-state index is 0.141. The van der Waals surface area contributed by atoms with Gasteiger partial charge in [0.15, 0.2) is 11.6 Å². The van der Waals surface area contributed by atoms with Gasteiger partial charge in [-0.1, -0.05) is 37.3 Å². The quantitative estimate of drug-likeness (QED) is 0.861. The van der Waals surface area contributed by atoms with Gasteiger partial charge < -0.3 is 10.1 Å². The largest absolute Gasteiger partial charge is 0.491 e. The number of benzene rings is 2. The fraction of sp³-hybridized carbons (Fsp3) is 0.278. The molecule has 0 aliphatic carbocycles. The Morgan fingerprint density at radius 3 is 2.50 bits per heavy atom. The Bertz CT molecular complexity index is 628. The van der Waals surface area contributed by atoms with Crippen LogP contribution in [0.15, 0.2) is 48.5 Å². The lowest BCUT2D eigenvalue weighted by molar-refractivity contribution is -0.117. The molecule has 2 rings (SSSR count). The molecule has 0 fully saturated rings. The average Bonchev–Trinajstić information content (AvgIpc) is 2.52. The Balaban J connectivity index is 2.12. The van der Waals surface area contributed by atoms with Gasteiger partial charge in [-0.15, -0.1) is 0 Å². The highest BCUT2D eigenvalue weighted by atomic mass is 19.1. The standard InChI is InChI=1S/C18H20FNO2/c1-3-15(13-8-6-5-7-9-13)18(21)20-14-10-11-17(22-4-2)16(19)12-14/h5-12,15H,3-4H2,1-2H3,(H,20,21). The summed E-state index contributed by atoms with van der Waals surface area (Å²) in [6.07, 6.45) is 0.676. The summed E-state index contributed by atoms with van der Waals surface area (Å²) >= 11 is 0. The normalized spacial score (nSPS) is 11.8. The summed E-state index contributed by atoms with van der Waals surface area (Å²) in [5, 5.41) is 2.77. The van der Waals surface area contributed by atoms with Crippen molar-refractivity contribution in [3.8, 4) is 5.75 Å². The van der Waals surface area contributed by atoms with Crippen LogP contribution < -0.4 is 10.1 Å². The molecule has 0 spiro atoms. The maximum Gasteiger partial charge on any atom is 0.231 e. The molecule has 0 radical (unpaired) electrons. The van der Waals surface area contributed by atoms with Crippen LogP contribution in [-0.2, 0) is 4.79 Å². The third-order valence-corrected chi connectivity index (χ3v) is 3.43. The highest BCUT2D eigenvalue weighted by Gasteiger charge is 2.18. The van der Waals surface area contributed by atoms with Gasteiger partial charge in [-0.05, 0) is 31.0 Å². The Labute approximate surface area is 130 Å². The monoisotopic (exact) mass is 301 g/mol. The number of anilines is 1. The van der Waals surface area contributed by atoms with E-state index in [9.17, 15) is 9.18 Å². The first-order valence-corrected chi connectivity index (χ1v) is 7.43. The van der Waals surface area contributed by atoms with E-state index in [-0.39, 0.29) is 17.6 Å². The molecule has 0 aliphatic rings. The van der Waals surface area contributed by atoms with Crippen molar-refractivity contribution < 1.29 is 13.9 Å². The van der Waals surface area contributed by atoms with Crippen molar-refractivity contribution in [2.75, 3.05) is 11.9 Å². The van der Waals surface area contributed by atoms with Crippen molar-refractivity contribution in [2.45, 2.75) is 26.2 Å². The molecule has 1 N–H and O–H groups in total. The van der Waals surface area contributed by atoms with Crippen molar-refractivity contribution in [1.29, 1.82) is 0 Å². The molecule has 0 aliphatic heterocycles. The summed E-state index contributed by atoms with van der Waals surface area (Å²) in [6, 6.07) is 14.0.